The number of nitrogens with two attached hydrogens (primary N) is 1. The first kappa shape index (κ1) is 15.1. The lowest BCUT2D eigenvalue weighted by Gasteiger charge is -2.17. The molecule has 104 valence electrons. The minimum absolute atomic E-state index is 0.121. The number of carbonyl (C=O) groups is 2. The molecule has 0 radical (unpaired) electrons. The van der Waals surface area contributed by atoms with Gasteiger partial charge in [-0.3, -0.25) is 9.59 Å². The van der Waals surface area contributed by atoms with Crippen LogP contribution in [0.2, 0.25) is 0 Å². The molecule has 0 spiro atoms. The van der Waals surface area contributed by atoms with Gasteiger partial charge in [0.05, 0.1) is 5.56 Å². The number of primary amides is 1. The molecule has 0 unspecified atom stereocenters. The van der Waals surface area contributed by atoms with Crippen molar-refractivity contribution >= 4 is 11.8 Å². The molecule has 0 saturated carbocycles. The Morgan fingerprint density at radius 2 is 1.95 bits per heavy atom. The topological polar surface area (TPSA) is 72.2 Å². The van der Waals surface area contributed by atoms with Crippen LogP contribution < -0.4 is 11.1 Å². The third-order valence-electron chi connectivity index (χ3n) is 2.55. The van der Waals surface area contributed by atoms with Crippen molar-refractivity contribution in [2.75, 3.05) is 0 Å². The summed E-state index contributed by atoms with van der Waals surface area (Å²) in [7, 11) is 0. The SMILES string of the molecule is CC(C)C[C@H](NC(=O)c1cccc(F)c1F)C(N)=O. The Bertz CT molecular complexity index is 490. The van der Waals surface area contributed by atoms with Gasteiger partial charge in [-0.05, 0) is 24.5 Å². The van der Waals surface area contributed by atoms with E-state index in [0.717, 1.165) is 12.1 Å². The van der Waals surface area contributed by atoms with Crippen molar-refractivity contribution in [1.82, 2.24) is 5.32 Å². The average Bonchev–Trinajstić information content (AvgIpc) is 2.31. The maximum absolute atomic E-state index is 13.4. The number of hydrogen-bond donors (Lipinski definition) is 2. The molecule has 1 atom stereocenters. The van der Waals surface area contributed by atoms with Crippen molar-refractivity contribution in [3.63, 3.8) is 0 Å². The Balaban J connectivity index is 2.88. The number of nitrogens with one attached hydrogen (secondary N) is 1. The van der Waals surface area contributed by atoms with Crippen molar-refractivity contribution in [3.8, 4) is 0 Å². The van der Waals surface area contributed by atoms with Crippen molar-refractivity contribution in [2.45, 2.75) is 26.3 Å². The molecular formula is C13H16F2N2O2. The van der Waals surface area contributed by atoms with Gasteiger partial charge in [-0.1, -0.05) is 19.9 Å². The summed E-state index contributed by atoms with van der Waals surface area (Å²) in [6.45, 7) is 3.70. The molecule has 0 bridgehead atoms. The van der Waals surface area contributed by atoms with E-state index in [1.54, 1.807) is 0 Å². The zero-order valence-electron chi connectivity index (χ0n) is 10.7. The van der Waals surface area contributed by atoms with E-state index >= 15 is 0 Å². The van der Waals surface area contributed by atoms with Crippen molar-refractivity contribution in [1.29, 1.82) is 0 Å². The Kier molecular flexibility index (Phi) is 4.97. The highest BCUT2D eigenvalue weighted by Gasteiger charge is 2.22. The molecule has 1 rings (SSSR count). The molecule has 0 aromatic heterocycles. The Morgan fingerprint density at radius 3 is 2.47 bits per heavy atom. The van der Waals surface area contributed by atoms with Crippen LogP contribution in [0.1, 0.15) is 30.6 Å². The van der Waals surface area contributed by atoms with Crippen LogP contribution >= 0.6 is 0 Å². The summed E-state index contributed by atoms with van der Waals surface area (Å²) in [5, 5.41) is 2.31. The predicted octanol–water partition coefficient (Wildman–Crippen LogP) is 1.59. The Labute approximate surface area is 110 Å². The maximum atomic E-state index is 13.4. The average molecular weight is 270 g/mol. The molecule has 4 nitrogen and oxygen atoms in total. The molecule has 1 aromatic rings. The normalized spacial score (nSPS) is 12.3. The fourth-order valence-electron chi connectivity index (χ4n) is 1.63. The fourth-order valence-corrected chi connectivity index (χ4v) is 1.63. The zero-order valence-corrected chi connectivity index (χ0v) is 10.7. The van der Waals surface area contributed by atoms with E-state index in [0.29, 0.717) is 6.42 Å². The first-order valence-corrected chi connectivity index (χ1v) is 5.87. The van der Waals surface area contributed by atoms with Crippen LogP contribution in [0.5, 0.6) is 0 Å². The third kappa shape index (κ3) is 4.01. The Hall–Kier alpha value is -1.98. The smallest absolute Gasteiger partial charge is 0.255 e. The fraction of sp³-hybridized carbons (Fsp3) is 0.385. The summed E-state index contributed by atoms with van der Waals surface area (Å²) in [5.74, 6) is -3.81. The lowest BCUT2D eigenvalue weighted by atomic mass is 10.0. The quantitative estimate of drug-likeness (QED) is 0.853. The highest BCUT2D eigenvalue weighted by Crippen LogP contribution is 2.12. The molecule has 0 saturated heterocycles. The lowest BCUT2D eigenvalue weighted by molar-refractivity contribution is -0.120. The molecule has 3 N–H and O–H groups in total. The molecule has 6 heteroatoms. The summed E-state index contributed by atoms with van der Waals surface area (Å²) in [4.78, 5) is 23.0. The van der Waals surface area contributed by atoms with E-state index in [4.69, 9.17) is 5.73 Å². The number of halogens is 2. The van der Waals surface area contributed by atoms with E-state index < -0.39 is 35.1 Å². The second-order valence-electron chi connectivity index (χ2n) is 4.66. The molecule has 0 aliphatic carbocycles. The van der Waals surface area contributed by atoms with Gasteiger partial charge in [0.1, 0.15) is 6.04 Å². The van der Waals surface area contributed by atoms with Crippen LogP contribution in [0.15, 0.2) is 18.2 Å². The van der Waals surface area contributed by atoms with E-state index in [1.165, 1.54) is 6.07 Å². The van der Waals surface area contributed by atoms with Gasteiger partial charge in [0.25, 0.3) is 5.91 Å². The second kappa shape index (κ2) is 6.26. The maximum Gasteiger partial charge on any atom is 0.255 e. The number of amides is 2. The summed E-state index contributed by atoms with van der Waals surface area (Å²) in [6.07, 6.45) is 0.331. The van der Waals surface area contributed by atoms with E-state index in [2.05, 4.69) is 5.32 Å². The van der Waals surface area contributed by atoms with Gasteiger partial charge in [-0.15, -0.1) is 0 Å². The number of rotatable bonds is 5. The summed E-state index contributed by atoms with van der Waals surface area (Å²) < 4.78 is 26.4. The first-order valence-electron chi connectivity index (χ1n) is 5.87. The summed E-state index contributed by atoms with van der Waals surface area (Å²) in [6, 6.07) is 2.36. The molecule has 0 fully saturated rings. The molecule has 0 aliphatic rings. The van der Waals surface area contributed by atoms with Crippen LogP contribution in [0.3, 0.4) is 0 Å². The standard InChI is InChI=1S/C13H16F2N2O2/c1-7(2)6-10(12(16)18)17-13(19)8-4-3-5-9(14)11(8)15/h3-5,7,10H,6H2,1-2H3,(H2,16,18)(H,17,19)/t10-/m0/s1. The number of carbonyl (C=O) groups excluding carboxylic acids is 2. The molecule has 0 heterocycles. The first-order chi connectivity index (χ1) is 8.82. The van der Waals surface area contributed by atoms with E-state index in [-0.39, 0.29) is 5.92 Å². The van der Waals surface area contributed by atoms with Gasteiger partial charge in [0, 0.05) is 0 Å². The molecule has 1 aromatic carbocycles. The van der Waals surface area contributed by atoms with Crippen LogP contribution in [-0.4, -0.2) is 17.9 Å². The van der Waals surface area contributed by atoms with Crippen LogP contribution in [0.25, 0.3) is 0 Å². The van der Waals surface area contributed by atoms with Crippen molar-refractivity contribution < 1.29 is 18.4 Å². The summed E-state index contributed by atoms with van der Waals surface area (Å²) in [5.41, 5.74) is 4.71. The summed E-state index contributed by atoms with van der Waals surface area (Å²) >= 11 is 0. The van der Waals surface area contributed by atoms with Gasteiger partial charge >= 0.3 is 0 Å². The second-order valence-corrected chi connectivity index (χ2v) is 4.66. The number of hydrogen-bond acceptors (Lipinski definition) is 2. The molecule has 0 aliphatic heterocycles. The van der Waals surface area contributed by atoms with Gasteiger partial charge in [0.2, 0.25) is 5.91 Å². The molecule has 19 heavy (non-hydrogen) atoms. The monoisotopic (exact) mass is 270 g/mol. The van der Waals surface area contributed by atoms with Crippen LogP contribution in [0, 0.1) is 17.6 Å². The van der Waals surface area contributed by atoms with Gasteiger partial charge in [0.15, 0.2) is 11.6 Å². The predicted molar refractivity (Wildman–Crippen MR) is 66.3 cm³/mol. The Morgan fingerprint density at radius 1 is 1.32 bits per heavy atom. The van der Waals surface area contributed by atoms with Crippen LogP contribution in [-0.2, 0) is 4.79 Å². The zero-order chi connectivity index (χ0) is 14.6. The van der Waals surface area contributed by atoms with Crippen molar-refractivity contribution in [2.24, 2.45) is 11.7 Å². The van der Waals surface area contributed by atoms with Gasteiger partial charge < -0.3 is 11.1 Å². The number of benzene rings is 1. The molecular weight excluding hydrogens is 254 g/mol. The minimum Gasteiger partial charge on any atom is -0.368 e. The van der Waals surface area contributed by atoms with Gasteiger partial charge in [-0.2, -0.15) is 0 Å². The third-order valence-corrected chi connectivity index (χ3v) is 2.55. The highest BCUT2D eigenvalue weighted by molar-refractivity contribution is 5.97. The van der Waals surface area contributed by atoms with Crippen molar-refractivity contribution in [3.05, 3.63) is 35.4 Å². The minimum atomic E-state index is -1.24. The van der Waals surface area contributed by atoms with Gasteiger partial charge in [-0.25, -0.2) is 8.78 Å². The van der Waals surface area contributed by atoms with E-state index in [9.17, 15) is 18.4 Å². The lowest BCUT2D eigenvalue weighted by Crippen LogP contribution is -2.45. The largest absolute Gasteiger partial charge is 0.368 e. The van der Waals surface area contributed by atoms with E-state index in [1.807, 2.05) is 13.8 Å². The molecule has 2 amide bonds. The highest BCUT2D eigenvalue weighted by atomic mass is 19.2. The van der Waals surface area contributed by atoms with Crippen LogP contribution in [0.4, 0.5) is 8.78 Å².